The Labute approximate surface area is 84.5 Å². The largest absolute Gasteiger partial charge is 0.469 e. The van der Waals surface area contributed by atoms with E-state index in [1.165, 1.54) is 7.11 Å². The molecule has 0 saturated heterocycles. The van der Waals surface area contributed by atoms with Gasteiger partial charge in [-0.2, -0.15) is 0 Å². The van der Waals surface area contributed by atoms with E-state index >= 15 is 0 Å². The molecule has 0 aromatic carbocycles. The van der Waals surface area contributed by atoms with Crippen LogP contribution in [0.2, 0.25) is 0 Å². The maximum absolute atomic E-state index is 11.4. The van der Waals surface area contributed by atoms with Crippen LogP contribution in [-0.4, -0.2) is 37.0 Å². The Morgan fingerprint density at radius 3 is 2.57 bits per heavy atom. The second kappa shape index (κ2) is 7.12. The number of rotatable bonds is 6. The molecule has 0 aromatic rings. The molecule has 0 atom stereocenters. The minimum atomic E-state index is -0.296. The number of carbonyl (C=O) groups excluding carboxylic acids is 2. The van der Waals surface area contributed by atoms with Crippen molar-refractivity contribution in [3.63, 3.8) is 0 Å². The summed E-state index contributed by atoms with van der Waals surface area (Å²) >= 11 is 0. The highest BCUT2D eigenvalue weighted by Crippen LogP contribution is 1.97. The molecule has 0 radical (unpaired) electrons. The van der Waals surface area contributed by atoms with Crippen molar-refractivity contribution in [1.29, 1.82) is 0 Å². The van der Waals surface area contributed by atoms with Crippen LogP contribution in [0, 0.1) is 0 Å². The molecule has 4 heteroatoms. The summed E-state index contributed by atoms with van der Waals surface area (Å²) in [7, 11) is 1.34. The first-order chi connectivity index (χ1) is 6.65. The summed E-state index contributed by atoms with van der Waals surface area (Å²) in [5.74, 6) is -0.304. The molecule has 4 nitrogen and oxygen atoms in total. The summed E-state index contributed by atoms with van der Waals surface area (Å²) < 4.78 is 4.49. The van der Waals surface area contributed by atoms with Crippen LogP contribution in [0.5, 0.6) is 0 Å². The molecule has 0 N–H and O–H groups in total. The summed E-state index contributed by atoms with van der Waals surface area (Å²) in [6.07, 6.45) is 2.12. The standard InChI is InChI=1S/C10H17NO3/c1-4-6-9(12)11(5-2)8-7-10(13)14-3/h4H,1,5-8H2,2-3H3. The van der Waals surface area contributed by atoms with Crippen molar-refractivity contribution in [1.82, 2.24) is 4.90 Å². The van der Waals surface area contributed by atoms with Crippen molar-refractivity contribution >= 4 is 11.9 Å². The Hall–Kier alpha value is -1.32. The number of esters is 1. The van der Waals surface area contributed by atoms with E-state index in [0.717, 1.165) is 0 Å². The Bertz CT molecular complexity index is 213. The van der Waals surface area contributed by atoms with Gasteiger partial charge in [0.1, 0.15) is 0 Å². The van der Waals surface area contributed by atoms with Gasteiger partial charge in [0.15, 0.2) is 0 Å². The van der Waals surface area contributed by atoms with E-state index in [1.807, 2.05) is 6.92 Å². The average Bonchev–Trinajstić information content (AvgIpc) is 2.18. The smallest absolute Gasteiger partial charge is 0.307 e. The highest BCUT2D eigenvalue weighted by molar-refractivity contribution is 5.78. The maximum Gasteiger partial charge on any atom is 0.307 e. The summed E-state index contributed by atoms with van der Waals surface area (Å²) in [5, 5.41) is 0. The predicted molar refractivity (Wildman–Crippen MR) is 53.7 cm³/mol. The average molecular weight is 199 g/mol. The zero-order valence-corrected chi connectivity index (χ0v) is 8.78. The van der Waals surface area contributed by atoms with Crippen molar-refractivity contribution in [3.8, 4) is 0 Å². The topological polar surface area (TPSA) is 46.6 Å². The number of amides is 1. The quantitative estimate of drug-likeness (QED) is 0.473. The van der Waals surface area contributed by atoms with E-state index < -0.39 is 0 Å². The molecular formula is C10H17NO3. The van der Waals surface area contributed by atoms with Crippen LogP contribution in [0.1, 0.15) is 19.8 Å². The van der Waals surface area contributed by atoms with Gasteiger partial charge in [0.2, 0.25) is 5.91 Å². The normalized spacial score (nSPS) is 9.29. The van der Waals surface area contributed by atoms with Gasteiger partial charge >= 0.3 is 5.97 Å². The van der Waals surface area contributed by atoms with Gasteiger partial charge in [-0.15, -0.1) is 6.58 Å². The number of hydrogen-bond donors (Lipinski definition) is 0. The van der Waals surface area contributed by atoms with E-state index in [4.69, 9.17) is 0 Å². The van der Waals surface area contributed by atoms with Crippen LogP contribution in [0.4, 0.5) is 0 Å². The second-order valence-corrected chi connectivity index (χ2v) is 2.79. The lowest BCUT2D eigenvalue weighted by molar-refractivity contribution is -0.141. The van der Waals surface area contributed by atoms with Crippen LogP contribution in [0.15, 0.2) is 12.7 Å². The maximum atomic E-state index is 11.4. The first-order valence-corrected chi connectivity index (χ1v) is 4.61. The zero-order chi connectivity index (χ0) is 11.0. The molecule has 0 saturated carbocycles. The van der Waals surface area contributed by atoms with Crippen molar-refractivity contribution in [2.24, 2.45) is 0 Å². The van der Waals surface area contributed by atoms with Crippen LogP contribution in [-0.2, 0) is 14.3 Å². The SMILES string of the molecule is C=CCC(=O)N(CC)CCC(=O)OC. The zero-order valence-electron chi connectivity index (χ0n) is 8.78. The fourth-order valence-corrected chi connectivity index (χ4v) is 1.04. The van der Waals surface area contributed by atoms with E-state index in [0.29, 0.717) is 19.5 Å². The lowest BCUT2D eigenvalue weighted by Gasteiger charge is -2.19. The molecule has 1 amide bonds. The van der Waals surface area contributed by atoms with Gasteiger partial charge in [-0.05, 0) is 6.92 Å². The second-order valence-electron chi connectivity index (χ2n) is 2.79. The fourth-order valence-electron chi connectivity index (χ4n) is 1.04. The van der Waals surface area contributed by atoms with Crippen molar-refractivity contribution < 1.29 is 14.3 Å². The van der Waals surface area contributed by atoms with Gasteiger partial charge in [0.05, 0.1) is 13.5 Å². The Kier molecular flexibility index (Phi) is 6.45. The monoisotopic (exact) mass is 199 g/mol. The van der Waals surface area contributed by atoms with Gasteiger partial charge in [-0.1, -0.05) is 6.08 Å². The summed E-state index contributed by atoms with van der Waals surface area (Å²) in [4.78, 5) is 23.8. The van der Waals surface area contributed by atoms with E-state index in [1.54, 1.807) is 11.0 Å². The highest BCUT2D eigenvalue weighted by Gasteiger charge is 2.11. The third-order valence-corrected chi connectivity index (χ3v) is 1.87. The Balaban J connectivity index is 3.95. The van der Waals surface area contributed by atoms with Gasteiger partial charge in [0.25, 0.3) is 0 Å². The van der Waals surface area contributed by atoms with E-state index in [9.17, 15) is 9.59 Å². The van der Waals surface area contributed by atoms with Crippen LogP contribution < -0.4 is 0 Å². The van der Waals surface area contributed by atoms with E-state index in [-0.39, 0.29) is 18.3 Å². The number of nitrogens with zero attached hydrogens (tertiary/aromatic N) is 1. The lowest BCUT2D eigenvalue weighted by Crippen LogP contribution is -2.32. The predicted octanol–water partition coefficient (Wildman–Crippen LogP) is 0.974. The van der Waals surface area contributed by atoms with Crippen LogP contribution in [0.3, 0.4) is 0 Å². The molecule has 0 fully saturated rings. The Morgan fingerprint density at radius 1 is 1.50 bits per heavy atom. The molecule has 0 rings (SSSR count). The minimum absolute atomic E-state index is 0.00796. The number of hydrogen-bond acceptors (Lipinski definition) is 3. The van der Waals surface area contributed by atoms with Crippen LogP contribution in [0.25, 0.3) is 0 Å². The molecule has 0 heterocycles. The highest BCUT2D eigenvalue weighted by atomic mass is 16.5. The molecule has 0 spiro atoms. The fraction of sp³-hybridized carbons (Fsp3) is 0.600. The molecule has 14 heavy (non-hydrogen) atoms. The molecule has 0 aliphatic rings. The molecule has 0 unspecified atom stereocenters. The van der Waals surface area contributed by atoms with E-state index in [2.05, 4.69) is 11.3 Å². The summed E-state index contributed by atoms with van der Waals surface area (Å²) in [5.41, 5.74) is 0. The first-order valence-electron chi connectivity index (χ1n) is 4.61. The van der Waals surface area contributed by atoms with Crippen molar-refractivity contribution in [2.45, 2.75) is 19.8 Å². The third-order valence-electron chi connectivity index (χ3n) is 1.87. The molecular weight excluding hydrogens is 182 g/mol. The third kappa shape index (κ3) is 4.64. The van der Waals surface area contributed by atoms with Crippen molar-refractivity contribution in [3.05, 3.63) is 12.7 Å². The number of methoxy groups -OCH3 is 1. The summed E-state index contributed by atoms with van der Waals surface area (Å²) in [6.45, 7) is 6.38. The number of carbonyl (C=O) groups is 2. The minimum Gasteiger partial charge on any atom is -0.469 e. The Morgan fingerprint density at radius 2 is 2.14 bits per heavy atom. The molecule has 0 aliphatic carbocycles. The molecule has 0 bridgehead atoms. The van der Waals surface area contributed by atoms with Gasteiger partial charge in [-0.25, -0.2) is 0 Å². The number of ether oxygens (including phenoxy) is 1. The molecule has 80 valence electrons. The summed E-state index contributed by atoms with van der Waals surface area (Å²) in [6, 6.07) is 0. The van der Waals surface area contributed by atoms with Gasteiger partial charge in [0, 0.05) is 19.5 Å². The molecule has 0 aromatic heterocycles. The van der Waals surface area contributed by atoms with Crippen molar-refractivity contribution in [2.75, 3.05) is 20.2 Å². The lowest BCUT2D eigenvalue weighted by atomic mass is 10.3. The molecule has 0 aliphatic heterocycles. The van der Waals surface area contributed by atoms with Gasteiger partial charge < -0.3 is 9.64 Å². The van der Waals surface area contributed by atoms with Gasteiger partial charge in [-0.3, -0.25) is 9.59 Å². The van der Waals surface area contributed by atoms with Crippen LogP contribution >= 0.6 is 0 Å². The first kappa shape index (κ1) is 12.7.